The molecule has 0 radical (unpaired) electrons. The first-order valence-corrected chi connectivity index (χ1v) is 25.0. The molecule has 1 aromatic rings. The van der Waals surface area contributed by atoms with Crippen molar-refractivity contribution in [1.82, 2.24) is 4.98 Å². The third-order valence-corrected chi connectivity index (χ3v) is 21.6. The Labute approximate surface area is 305 Å². The van der Waals surface area contributed by atoms with Crippen LogP contribution in [0.25, 0.3) is 6.08 Å². The van der Waals surface area contributed by atoms with E-state index in [1.165, 1.54) is 5.57 Å². The first-order valence-electron chi connectivity index (χ1n) is 18.3. The van der Waals surface area contributed by atoms with Crippen LogP contribution in [0.15, 0.2) is 22.6 Å². The number of hydrogen-bond acceptors (Lipinski definition) is 7. The van der Waals surface area contributed by atoms with Gasteiger partial charge in [-0.15, -0.1) is 11.3 Å². The second-order valence-corrected chi connectivity index (χ2v) is 29.0. The summed E-state index contributed by atoms with van der Waals surface area (Å²) in [4.78, 5) is 47.8. The number of thiazole rings is 1. The number of allylic oxidation sites excluding steroid dienone is 3. The minimum atomic E-state index is -2.47. The Bertz CT molecular complexity index is 1390. The van der Waals surface area contributed by atoms with Crippen LogP contribution in [-0.4, -0.2) is 51.2 Å². The summed E-state index contributed by atoms with van der Waals surface area (Å²) < 4.78 is 14.1. The topological polar surface area (TPSA) is 82.6 Å². The van der Waals surface area contributed by atoms with E-state index in [-0.39, 0.29) is 34.3 Å². The van der Waals surface area contributed by atoms with E-state index in [9.17, 15) is 14.4 Å². The lowest BCUT2D eigenvalue weighted by Gasteiger charge is -2.46. The minimum Gasteiger partial charge on any atom is -0.413 e. The minimum absolute atomic E-state index is 0.0121. The Kier molecular flexibility index (Phi) is 14.6. The average Bonchev–Trinajstić information content (AvgIpc) is 3.36. The number of Topliss-reactive ketones (excluding diaryl/α,β-unsaturated/α-hetero) is 3. The fourth-order valence-electron chi connectivity index (χ4n) is 6.13. The molecule has 49 heavy (non-hydrogen) atoms. The molecule has 0 aliphatic heterocycles. The monoisotopic (exact) mass is 731 g/mol. The van der Waals surface area contributed by atoms with Gasteiger partial charge in [0, 0.05) is 29.1 Å². The lowest BCUT2D eigenvalue weighted by Crippen LogP contribution is -2.54. The van der Waals surface area contributed by atoms with Crippen LogP contribution in [0.5, 0.6) is 0 Å². The molecular formula is C40H69NO5SSi2. The first kappa shape index (κ1) is 43.6. The Balaban J connectivity index is 2.73. The maximum absolute atomic E-state index is 14.9. The van der Waals surface area contributed by atoms with Crippen molar-refractivity contribution >= 4 is 51.4 Å². The summed E-state index contributed by atoms with van der Waals surface area (Å²) in [6.07, 6.45) is 6.13. The zero-order valence-corrected chi connectivity index (χ0v) is 36.9. The van der Waals surface area contributed by atoms with Crippen molar-refractivity contribution < 1.29 is 23.2 Å². The summed E-state index contributed by atoms with van der Waals surface area (Å²) in [5.74, 6) is -1.74. The van der Waals surface area contributed by atoms with Gasteiger partial charge in [-0.05, 0) is 94.7 Å². The highest BCUT2D eigenvalue weighted by Gasteiger charge is 2.50. The largest absolute Gasteiger partial charge is 0.413 e. The van der Waals surface area contributed by atoms with E-state index in [1.807, 2.05) is 46.1 Å². The summed E-state index contributed by atoms with van der Waals surface area (Å²) >= 11 is 1.56. The number of aromatic nitrogens is 1. The van der Waals surface area contributed by atoms with Gasteiger partial charge in [-0.2, -0.15) is 0 Å². The molecule has 1 aliphatic carbocycles. The highest BCUT2D eigenvalue weighted by atomic mass is 32.1. The van der Waals surface area contributed by atoms with E-state index in [4.69, 9.17) is 8.85 Å². The molecule has 0 saturated heterocycles. The summed E-state index contributed by atoms with van der Waals surface area (Å²) in [5, 5.41) is 2.76. The van der Waals surface area contributed by atoms with E-state index in [1.54, 1.807) is 11.3 Å². The summed E-state index contributed by atoms with van der Waals surface area (Å²) in [6, 6.07) is 0. The summed E-state index contributed by atoms with van der Waals surface area (Å²) in [7, 11) is -4.70. The normalized spacial score (nSPS) is 27.6. The molecule has 278 valence electrons. The standard InChI is InChI=1S/C40H69NO5SSi2/c1-26-19-18-20-27(2)36(46-49(16,17)39(9,10)11)29(4)37(44)40(12,13)34(45-48(14,15)38(6,7)8)24-33(42)35(43)32(22-21-26)28(3)23-31-25-47-30(5)41-31/h21,23,25,27,29,32,34,36H,18-20,22,24H2,1-17H3/b26-21-,28-23+/t27-,29+,32-,34-,36-/m0/s1. The molecule has 1 aliphatic rings. The van der Waals surface area contributed by atoms with Gasteiger partial charge < -0.3 is 8.85 Å². The van der Waals surface area contributed by atoms with Crippen LogP contribution in [0, 0.1) is 30.1 Å². The molecule has 0 N–H and O–H groups in total. The molecule has 6 nitrogen and oxygen atoms in total. The average molecular weight is 732 g/mol. The highest BCUT2D eigenvalue weighted by Crippen LogP contribution is 2.44. The molecule has 9 heteroatoms. The predicted octanol–water partition coefficient (Wildman–Crippen LogP) is 11.2. The predicted molar refractivity (Wildman–Crippen MR) is 212 cm³/mol. The highest BCUT2D eigenvalue weighted by molar-refractivity contribution is 7.09. The van der Waals surface area contributed by atoms with Crippen LogP contribution in [0.1, 0.15) is 126 Å². The van der Waals surface area contributed by atoms with Crippen molar-refractivity contribution in [2.75, 3.05) is 0 Å². The molecule has 0 amide bonds. The van der Waals surface area contributed by atoms with E-state index in [2.05, 4.69) is 92.6 Å². The molecule has 5 atom stereocenters. The Hall–Kier alpha value is -1.53. The maximum Gasteiger partial charge on any atom is 0.205 e. The fraction of sp³-hybridized carbons (Fsp3) is 0.750. The number of hydrogen-bond donors (Lipinski definition) is 0. The lowest BCUT2D eigenvalue weighted by atomic mass is 9.72. The van der Waals surface area contributed by atoms with Gasteiger partial charge in [0.2, 0.25) is 11.6 Å². The zero-order valence-electron chi connectivity index (χ0n) is 34.1. The molecular weight excluding hydrogens is 663 g/mol. The van der Waals surface area contributed by atoms with Crippen LogP contribution in [-0.2, 0) is 23.2 Å². The van der Waals surface area contributed by atoms with Gasteiger partial charge in [0.1, 0.15) is 5.78 Å². The number of ketones is 3. The summed E-state index contributed by atoms with van der Waals surface area (Å²) in [5.41, 5.74) is 1.79. The number of rotatable bonds is 6. The van der Waals surface area contributed by atoms with Gasteiger partial charge in [0.25, 0.3) is 0 Å². The van der Waals surface area contributed by atoms with Crippen molar-refractivity contribution in [3.63, 3.8) is 0 Å². The number of carbonyl (C=O) groups excluding carboxylic acids is 3. The van der Waals surface area contributed by atoms with Crippen LogP contribution in [0.3, 0.4) is 0 Å². The van der Waals surface area contributed by atoms with Gasteiger partial charge in [-0.25, -0.2) is 4.98 Å². The Morgan fingerprint density at radius 1 is 0.959 bits per heavy atom. The number of aryl methyl sites for hydroxylation is 1. The van der Waals surface area contributed by atoms with Gasteiger partial charge in [-0.1, -0.05) is 86.5 Å². The third-order valence-electron chi connectivity index (χ3n) is 11.8. The molecule has 2 rings (SSSR count). The van der Waals surface area contributed by atoms with Crippen LogP contribution >= 0.6 is 11.3 Å². The van der Waals surface area contributed by atoms with Crippen molar-refractivity contribution in [2.24, 2.45) is 23.2 Å². The van der Waals surface area contributed by atoms with E-state index in [0.29, 0.717) is 6.42 Å². The van der Waals surface area contributed by atoms with Gasteiger partial charge in [0.15, 0.2) is 16.6 Å². The van der Waals surface area contributed by atoms with Crippen molar-refractivity contribution in [1.29, 1.82) is 0 Å². The molecule has 1 aromatic heterocycles. The third kappa shape index (κ3) is 11.2. The maximum atomic E-state index is 14.9. The van der Waals surface area contributed by atoms with Crippen LogP contribution < -0.4 is 0 Å². The van der Waals surface area contributed by atoms with Crippen molar-refractivity contribution in [2.45, 2.75) is 171 Å². The number of nitrogens with zero attached hydrogens (tertiary/aromatic N) is 1. The number of carbonyl (C=O) groups is 3. The smallest absolute Gasteiger partial charge is 0.205 e. The lowest BCUT2D eigenvalue weighted by molar-refractivity contribution is -0.145. The molecule has 0 fully saturated rings. The van der Waals surface area contributed by atoms with Gasteiger partial charge in [0.05, 0.1) is 22.9 Å². The van der Waals surface area contributed by atoms with Crippen molar-refractivity contribution in [3.8, 4) is 0 Å². The molecule has 1 heterocycles. The quantitative estimate of drug-likeness (QED) is 0.165. The first-order chi connectivity index (χ1) is 22.1. The Morgan fingerprint density at radius 3 is 2.02 bits per heavy atom. The van der Waals surface area contributed by atoms with Crippen LogP contribution in [0.2, 0.25) is 36.3 Å². The van der Waals surface area contributed by atoms with Gasteiger partial charge >= 0.3 is 0 Å². The second kappa shape index (κ2) is 16.4. The van der Waals surface area contributed by atoms with Crippen molar-refractivity contribution in [3.05, 3.63) is 33.3 Å². The molecule has 0 bridgehead atoms. The Morgan fingerprint density at radius 2 is 1.51 bits per heavy atom. The van der Waals surface area contributed by atoms with E-state index < -0.39 is 51.6 Å². The van der Waals surface area contributed by atoms with E-state index >= 15 is 0 Å². The molecule has 0 aromatic carbocycles. The van der Waals surface area contributed by atoms with Gasteiger partial charge in [-0.3, -0.25) is 14.4 Å². The zero-order chi connectivity index (χ0) is 37.9. The molecule has 0 saturated carbocycles. The van der Waals surface area contributed by atoms with E-state index in [0.717, 1.165) is 35.5 Å². The summed E-state index contributed by atoms with van der Waals surface area (Å²) in [6.45, 7) is 36.0. The fourth-order valence-corrected chi connectivity index (χ4v) is 9.61. The second-order valence-electron chi connectivity index (χ2n) is 18.5. The molecule has 0 unspecified atom stereocenters. The molecule has 0 spiro atoms. The van der Waals surface area contributed by atoms with Crippen LogP contribution in [0.4, 0.5) is 0 Å². The SMILES string of the molecule is C/C1=C/C[C@@H](/C(C)=C/c2csc(C)n2)C(=O)C(=O)C[C@H](O[Si](C)(C)C(C)(C)C)C(C)(C)C(=O)[C@H](C)[C@@H](O[Si](C)(C)C(C)(C)C)[C@@H](C)CCC1.